The molecule has 0 radical (unpaired) electrons. The minimum absolute atomic E-state index is 0.203. The minimum atomic E-state index is -0.366. The third kappa shape index (κ3) is 4.60. The molecule has 3 unspecified atom stereocenters. The first kappa shape index (κ1) is 11.0. The Morgan fingerprint density at radius 3 is 2.62 bits per heavy atom. The molecule has 3 heteroatoms. The van der Waals surface area contributed by atoms with Crippen LogP contribution in [0.1, 0.15) is 27.2 Å². The molecule has 0 heterocycles. The van der Waals surface area contributed by atoms with Crippen LogP contribution in [-0.4, -0.2) is 36.5 Å². The molecule has 1 fully saturated rings. The molecule has 0 bridgehead atoms. The van der Waals surface area contributed by atoms with E-state index in [9.17, 15) is 5.11 Å². The number of nitrogens with one attached hydrogen (secondary N) is 1. The molecule has 13 heavy (non-hydrogen) atoms. The average Bonchev–Trinajstić information content (AvgIpc) is 2.75. The summed E-state index contributed by atoms with van der Waals surface area (Å²) >= 11 is 0. The molecule has 1 rings (SSSR count). The van der Waals surface area contributed by atoms with E-state index in [0.717, 1.165) is 5.92 Å². The standard InChI is InChI=1S/C10H21NO2/c1-7(2)13-6-9(12)5-11-10-4-8(10)3/h7-12H,4-6H2,1-3H3. The summed E-state index contributed by atoms with van der Waals surface area (Å²) < 4.78 is 5.29. The van der Waals surface area contributed by atoms with Gasteiger partial charge in [-0.05, 0) is 26.2 Å². The zero-order valence-electron chi connectivity index (χ0n) is 8.79. The first-order valence-electron chi connectivity index (χ1n) is 5.12. The summed E-state index contributed by atoms with van der Waals surface area (Å²) in [7, 11) is 0. The van der Waals surface area contributed by atoms with E-state index in [1.165, 1.54) is 6.42 Å². The molecule has 0 amide bonds. The van der Waals surface area contributed by atoms with Gasteiger partial charge in [0.2, 0.25) is 0 Å². The lowest BCUT2D eigenvalue weighted by Crippen LogP contribution is -2.33. The van der Waals surface area contributed by atoms with Crippen molar-refractivity contribution >= 4 is 0 Å². The van der Waals surface area contributed by atoms with E-state index in [1.54, 1.807) is 0 Å². The summed E-state index contributed by atoms with van der Waals surface area (Å²) in [4.78, 5) is 0. The molecule has 0 aliphatic heterocycles. The second-order valence-corrected chi connectivity index (χ2v) is 4.26. The predicted octanol–water partition coefficient (Wildman–Crippen LogP) is 0.770. The van der Waals surface area contributed by atoms with Gasteiger partial charge in [-0.2, -0.15) is 0 Å². The van der Waals surface area contributed by atoms with Crippen LogP contribution in [0.15, 0.2) is 0 Å². The Kier molecular flexibility index (Phi) is 4.16. The average molecular weight is 187 g/mol. The van der Waals surface area contributed by atoms with Crippen LogP contribution in [0.2, 0.25) is 0 Å². The van der Waals surface area contributed by atoms with Crippen molar-refractivity contribution in [1.29, 1.82) is 0 Å². The molecule has 78 valence electrons. The van der Waals surface area contributed by atoms with Crippen LogP contribution in [-0.2, 0) is 4.74 Å². The van der Waals surface area contributed by atoms with Crippen molar-refractivity contribution in [3.63, 3.8) is 0 Å². The number of aliphatic hydroxyl groups excluding tert-OH is 1. The predicted molar refractivity (Wildman–Crippen MR) is 52.7 cm³/mol. The van der Waals surface area contributed by atoms with Gasteiger partial charge in [-0.1, -0.05) is 6.92 Å². The Labute approximate surface area is 80.5 Å². The van der Waals surface area contributed by atoms with Gasteiger partial charge in [-0.25, -0.2) is 0 Å². The van der Waals surface area contributed by atoms with E-state index >= 15 is 0 Å². The molecule has 1 aliphatic carbocycles. The minimum Gasteiger partial charge on any atom is -0.389 e. The smallest absolute Gasteiger partial charge is 0.0897 e. The molecule has 1 aliphatic rings. The summed E-state index contributed by atoms with van der Waals surface area (Å²) in [6.07, 6.45) is 1.09. The van der Waals surface area contributed by atoms with Crippen LogP contribution in [0.4, 0.5) is 0 Å². The number of hydrogen-bond donors (Lipinski definition) is 2. The van der Waals surface area contributed by atoms with Gasteiger partial charge >= 0.3 is 0 Å². The van der Waals surface area contributed by atoms with E-state index in [4.69, 9.17) is 4.74 Å². The molecule has 0 aromatic heterocycles. The molecule has 2 N–H and O–H groups in total. The van der Waals surface area contributed by atoms with Gasteiger partial charge in [0.1, 0.15) is 0 Å². The second kappa shape index (κ2) is 4.94. The van der Waals surface area contributed by atoms with Crippen LogP contribution in [0.5, 0.6) is 0 Å². The van der Waals surface area contributed by atoms with Crippen LogP contribution in [0.3, 0.4) is 0 Å². The van der Waals surface area contributed by atoms with Crippen molar-refractivity contribution in [2.75, 3.05) is 13.2 Å². The maximum Gasteiger partial charge on any atom is 0.0897 e. The summed E-state index contributed by atoms with van der Waals surface area (Å²) in [6.45, 7) is 7.26. The number of ether oxygens (including phenoxy) is 1. The van der Waals surface area contributed by atoms with Crippen molar-refractivity contribution in [1.82, 2.24) is 5.32 Å². The molecular weight excluding hydrogens is 166 g/mol. The van der Waals surface area contributed by atoms with Gasteiger partial charge < -0.3 is 15.2 Å². The highest BCUT2D eigenvalue weighted by Gasteiger charge is 2.32. The fraction of sp³-hybridized carbons (Fsp3) is 1.00. The van der Waals surface area contributed by atoms with Crippen LogP contribution in [0.25, 0.3) is 0 Å². The van der Waals surface area contributed by atoms with Crippen molar-refractivity contribution in [3.05, 3.63) is 0 Å². The van der Waals surface area contributed by atoms with E-state index in [-0.39, 0.29) is 12.2 Å². The molecule has 3 nitrogen and oxygen atoms in total. The van der Waals surface area contributed by atoms with E-state index in [0.29, 0.717) is 19.2 Å². The van der Waals surface area contributed by atoms with E-state index < -0.39 is 0 Å². The van der Waals surface area contributed by atoms with Crippen molar-refractivity contribution in [2.24, 2.45) is 5.92 Å². The lowest BCUT2D eigenvalue weighted by molar-refractivity contribution is 0.00620. The second-order valence-electron chi connectivity index (χ2n) is 4.26. The van der Waals surface area contributed by atoms with Crippen molar-refractivity contribution in [2.45, 2.75) is 45.4 Å². The van der Waals surface area contributed by atoms with Crippen LogP contribution >= 0.6 is 0 Å². The van der Waals surface area contributed by atoms with E-state index in [2.05, 4.69) is 12.2 Å². The summed E-state index contributed by atoms with van der Waals surface area (Å²) in [5.74, 6) is 0.790. The first-order valence-corrected chi connectivity index (χ1v) is 5.12. The highest BCUT2D eigenvalue weighted by Crippen LogP contribution is 2.28. The number of aliphatic hydroxyl groups is 1. The molecule has 3 atom stereocenters. The summed E-state index contributed by atoms with van der Waals surface area (Å²) in [5.41, 5.74) is 0. The monoisotopic (exact) mass is 187 g/mol. The fourth-order valence-corrected chi connectivity index (χ4v) is 1.26. The summed E-state index contributed by atoms with van der Waals surface area (Å²) in [6, 6.07) is 0.633. The highest BCUT2D eigenvalue weighted by molar-refractivity contribution is 4.89. The normalized spacial score (nSPS) is 29.3. The molecule has 0 saturated heterocycles. The van der Waals surface area contributed by atoms with Crippen LogP contribution in [0, 0.1) is 5.92 Å². The Balaban J connectivity index is 1.94. The molecule has 0 spiro atoms. The number of rotatable bonds is 6. The topological polar surface area (TPSA) is 41.5 Å². The largest absolute Gasteiger partial charge is 0.389 e. The number of hydrogen-bond acceptors (Lipinski definition) is 3. The third-order valence-electron chi connectivity index (χ3n) is 2.35. The quantitative estimate of drug-likeness (QED) is 0.645. The van der Waals surface area contributed by atoms with Gasteiger partial charge in [0, 0.05) is 12.6 Å². The zero-order chi connectivity index (χ0) is 9.84. The lowest BCUT2D eigenvalue weighted by Gasteiger charge is -2.13. The molecule has 0 aromatic rings. The highest BCUT2D eigenvalue weighted by atomic mass is 16.5. The lowest BCUT2D eigenvalue weighted by atomic mass is 10.3. The van der Waals surface area contributed by atoms with Gasteiger partial charge in [-0.15, -0.1) is 0 Å². The van der Waals surface area contributed by atoms with E-state index in [1.807, 2.05) is 13.8 Å². The molecule has 1 saturated carbocycles. The summed E-state index contributed by atoms with van der Waals surface area (Å²) in [5, 5.41) is 12.8. The first-order chi connectivity index (χ1) is 6.09. The molecule has 0 aromatic carbocycles. The van der Waals surface area contributed by atoms with Crippen molar-refractivity contribution in [3.8, 4) is 0 Å². The van der Waals surface area contributed by atoms with Gasteiger partial charge in [-0.3, -0.25) is 0 Å². The van der Waals surface area contributed by atoms with Gasteiger partial charge in [0.15, 0.2) is 0 Å². The Morgan fingerprint density at radius 2 is 2.15 bits per heavy atom. The maximum atomic E-state index is 9.47. The molecular formula is C10H21NO2. The SMILES string of the molecule is CC(C)OCC(O)CNC1CC1C. The fourth-order valence-electron chi connectivity index (χ4n) is 1.26. The van der Waals surface area contributed by atoms with Crippen molar-refractivity contribution < 1.29 is 9.84 Å². The van der Waals surface area contributed by atoms with Gasteiger partial charge in [0.05, 0.1) is 18.8 Å². The zero-order valence-corrected chi connectivity index (χ0v) is 8.79. The Bertz CT molecular complexity index is 150. The van der Waals surface area contributed by atoms with Gasteiger partial charge in [0.25, 0.3) is 0 Å². The Morgan fingerprint density at radius 1 is 1.54 bits per heavy atom. The van der Waals surface area contributed by atoms with Crippen LogP contribution < -0.4 is 5.32 Å². The maximum absolute atomic E-state index is 9.47. The third-order valence-corrected chi connectivity index (χ3v) is 2.35. The Hall–Kier alpha value is -0.120.